The largest absolute Gasteiger partial charge is 0.466 e. The van der Waals surface area contributed by atoms with Crippen LogP contribution >= 0.6 is 11.6 Å². The maximum Gasteiger partial charge on any atom is 0.306 e. The number of benzene rings is 1. The molecule has 0 unspecified atom stereocenters. The summed E-state index contributed by atoms with van der Waals surface area (Å²) in [5, 5.41) is 0. The maximum absolute atomic E-state index is 11.7. The number of alkyl halides is 1. The molecule has 0 bridgehead atoms. The van der Waals surface area contributed by atoms with E-state index in [-0.39, 0.29) is 31.4 Å². The highest BCUT2D eigenvalue weighted by molar-refractivity contribution is 6.17. The number of carbonyl (C=O) groups excluding carboxylic acids is 2. The smallest absolute Gasteiger partial charge is 0.306 e. The zero-order valence-electron chi connectivity index (χ0n) is 16.5. The Bertz CT molecular complexity index is 528. The van der Waals surface area contributed by atoms with Crippen molar-refractivity contribution in [1.29, 1.82) is 0 Å². The Hall–Kier alpha value is -1.55. The van der Waals surface area contributed by atoms with Gasteiger partial charge in [0.1, 0.15) is 6.61 Å². The SMILES string of the molecule is CCCCCCCCCOC(=O)CCCC(=O)OCc1ccc(CCl)cc1. The minimum absolute atomic E-state index is 0.228. The van der Waals surface area contributed by atoms with E-state index in [0.717, 1.165) is 24.0 Å². The number of carbonyl (C=O) groups is 2. The summed E-state index contributed by atoms with van der Waals surface area (Å²) in [6.45, 7) is 2.93. The second-order valence-electron chi connectivity index (χ2n) is 6.81. The zero-order valence-corrected chi connectivity index (χ0v) is 17.3. The van der Waals surface area contributed by atoms with Crippen LogP contribution in [0.3, 0.4) is 0 Å². The van der Waals surface area contributed by atoms with Crippen LogP contribution in [-0.2, 0) is 31.5 Å². The van der Waals surface area contributed by atoms with Gasteiger partial charge >= 0.3 is 11.9 Å². The Kier molecular flexibility index (Phi) is 13.5. The average Bonchev–Trinajstić information content (AvgIpc) is 2.69. The van der Waals surface area contributed by atoms with E-state index in [2.05, 4.69) is 6.92 Å². The summed E-state index contributed by atoms with van der Waals surface area (Å²) >= 11 is 5.74. The van der Waals surface area contributed by atoms with Crippen molar-refractivity contribution in [2.75, 3.05) is 6.61 Å². The van der Waals surface area contributed by atoms with Gasteiger partial charge in [0.05, 0.1) is 6.61 Å². The number of hydrogen-bond donors (Lipinski definition) is 0. The lowest BCUT2D eigenvalue weighted by Gasteiger charge is -2.06. The molecule has 1 rings (SSSR count). The Morgan fingerprint density at radius 2 is 1.33 bits per heavy atom. The molecule has 0 radical (unpaired) electrons. The second-order valence-corrected chi connectivity index (χ2v) is 7.07. The van der Waals surface area contributed by atoms with Crippen LogP contribution in [0.15, 0.2) is 24.3 Å². The third-order valence-electron chi connectivity index (χ3n) is 4.35. The van der Waals surface area contributed by atoms with E-state index in [4.69, 9.17) is 21.1 Å². The van der Waals surface area contributed by atoms with Crippen molar-refractivity contribution < 1.29 is 19.1 Å². The van der Waals surface area contributed by atoms with Crippen LogP contribution < -0.4 is 0 Å². The van der Waals surface area contributed by atoms with Gasteiger partial charge in [0, 0.05) is 18.7 Å². The molecule has 0 N–H and O–H groups in total. The minimum atomic E-state index is -0.295. The monoisotopic (exact) mass is 396 g/mol. The van der Waals surface area contributed by atoms with Gasteiger partial charge in [-0.25, -0.2) is 0 Å². The normalized spacial score (nSPS) is 10.6. The van der Waals surface area contributed by atoms with Crippen LogP contribution in [0.1, 0.15) is 82.3 Å². The molecule has 152 valence electrons. The first-order valence-electron chi connectivity index (χ1n) is 10.1. The third kappa shape index (κ3) is 12.5. The van der Waals surface area contributed by atoms with Gasteiger partial charge in [-0.15, -0.1) is 11.6 Å². The molecule has 0 spiro atoms. The number of ether oxygens (including phenoxy) is 2. The maximum atomic E-state index is 11.7. The Balaban J connectivity index is 1.99. The molecule has 0 amide bonds. The quantitative estimate of drug-likeness (QED) is 0.209. The standard InChI is InChI=1S/C22H33ClO4/c1-2-3-4-5-6-7-8-16-26-21(24)10-9-11-22(25)27-18-20-14-12-19(17-23)13-15-20/h12-15H,2-11,16-18H2,1H3. The van der Waals surface area contributed by atoms with Crippen molar-refractivity contribution in [3.63, 3.8) is 0 Å². The van der Waals surface area contributed by atoms with Gasteiger partial charge in [-0.05, 0) is 24.0 Å². The third-order valence-corrected chi connectivity index (χ3v) is 4.66. The van der Waals surface area contributed by atoms with Gasteiger partial charge in [-0.3, -0.25) is 9.59 Å². The number of unbranched alkanes of at least 4 members (excludes halogenated alkanes) is 6. The molecule has 0 atom stereocenters. The lowest BCUT2D eigenvalue weighted by molar-refractivity contribution is -0.146. The van der Waals surface area contributed by atoms with Gasteiger partial charge in [-0.1, -0.05) is 69.7 Å². The predicted molar refractivity (Wildman–Crippen MR) is 109 cm³/mol. The Morgan fingerprint density at radius 1 is 0.778 bits per heavy atom. The summed E-state index contributed by atoms with van der Waals surface area (Å²) in [5.41, 5.74) is 1.95. The molecule has 0 aromatic heterocycles. The first kappa shape index (κ1) is 23.5. The molecular formula is C22H33ClO4. The van der Waals surface area contributed by atoms with E-state index < -0.39 is 0 Å². The molecule has 0 aliphatic rings. The van der Waals surface area contributed by atoms with Crippen molar-refractivity contribution in [2.45, 2.75) is 83.6 Å². The lowest BCUT2D eigenvalue weighted by atomic mass is 10.1. The minimum Gasteiger partial charge on any atom is -0.466 e. The highest BCUT2D eigenvalue weighted by atomic mass is 35.5. The Morgan fingerprint density at radius 3 is 1.96 bits per heavy atom. The second kappa shape index (κ2) is 15.5. The Labute approximate surface area is 168 Å². The lowest BCUT2D eigenvalue weighted by Crippen LogP contribution is -2.09. The molecule has 0 aliphatic heterocycles. The first-order valence-corrected chi connectivity index (χ1v) is 10.6. The fourth-order valence-electron chi connectivity index (χ4n) is 2.65. The fourth-order valence-corrected chi connectivity index (χ4v) is 2.83. The van der Waals surface area contributed by atoms with E-state index in [9.17, 15) is 9.59 Å². The van der Waals surface area contributed by atoms with E-state index in [1.165, 1.54) is 32.1 Å². The first-order chi connectivity index (χ1) is 13.2. The molecule has 0 saturated carbocycles. The number of halogens is 1. The van der Waals surface area contributed by atoms with Crippen LogP contribution in [0.5, 0.6) is 0 Å². The zero-order chi connectivity index (χ0) is 19.7. The van der Waals surface area contributed by atoms with Crippen molar-refractivity contribution in [3.8, 4) is 0 Å². The number of esters is 2. The van der Waals surface area contributed by atoms with Crippen LogP contribution in [0.4, 0.5) is 0 Å². The van der Waals surface area contributed by atoms with Crippen molar-refractivity contribution in [3.05, 3.63) is 35.4 Å². The van der Waals surface area contributed by atoms with Gasteiger partial charge in [0.2, 0.25) is 0 Å². The summed E-state index contributed by atoms with van der Waals surface area (Å²) in [5.74, 6) is -0.0588. The van der Waals surface area contributed by atoms with Crippen molar-refractivity contribution >= 4 is 23.5 Å². The molecule has 1 aromatic rings. The summed E-state index contributed by atoms with van der Waals surface area (Å²) in [4.78, 5) is 23.4. The van der Waals surface area contributed by atoms with Gasteiger partial charge in [0.15, 0.2) is 0 Å². The van der Waals surface area contributed by atoms with Gasteiger partial charge in [0.25, 0.3) is 0 Å². The van der Waals surface area contributed by atoms with Crippen molar-refractivity contribution in [2.24, 2.45) is 0 Å². The number of hydrogen-bond acceptors (Lipinski definition) is 4. The van der Waals surface area contributed by atoms with Gasteiger partial charge in [-0.2, -0.15) is 0 Å². The molecule has 5 heteroatoms. The molecule has 0 saturated heterocycles. The van der Waals surface area contributed by atoms with Crippen LogP contribution in [-0.4, -0.2) is 18.5 Å². The summed E-state index contributed by atoms with van der Waals surface area (Å²) < 4.78 is 10.4. The highest BCUT2D eigenvalue weighted by Gasteiger charge is 2.08. The van der Waals surface area contributed by atoms with E-state index >= 15 is 0 Å². The predicted octanol–water partition coefficient (Wildman–Crippen LogP) is 5.93. The van der Waals surface area contributed by atoms with Crippen LogP contribution in [0.2, 0.25) is 0 Å². The summed E-state index contributed by atoms with van der Waals surface area (Å²) in [6, 6.07) is 7.62. The molecule has 0 fully saturated rings. The molecule has 0 aliphatic carbocycles. The van der Waals surface area contributed by atoms with Crippen LogP contribution in [0.25, 0.3) is 0 Å². The van der Waals surface area contributed by atoms with E-state index in [1.807, 2.05) is 24.3 Å². The topological polar surface area (TPSA) is 52.6 Å². The molecule has 27 heavy (non-hydrogen) atoms. The number of rotatable bonds is 15. The molecule has 0 heterocycles. The highest BCUT2D eigenvalue weighted by Crippen LogP contribution is 2.10. The van der Waals surface area contributed by atoms with Crippen molar-refractivity contribution in [1.82, 2.24) is 0 Å². The van der Waals surface area contributed by atoms with E-state index in [1.54, 1.807) is 0 Å². The van der Waals surface area contributed by atoms with E-state index in [0.29, 0.717) is 18.9 Å². The molecular weight excluding hydrogens is 364 g/mol. The molecule has 1 aromatic carbocycles. The average molecular weight is 397 g/mol. The van der Waals surface area contributed by atoms with Crippen LogP contribution in [0, 0.1) is 0 Å². The fraction of sp³-hybridized carbons (Fsp3) is 0.636. The summed E-state index contributed by atoms with van der Waals surface area (Å²) in [6.07, 6.45) is 9.30. The van der Waals surface area contributed by atoms with Gasteiger partial charge < -0.3 is 9.47 Å². The molecule has 4 nitrogen and oxygen atoms in total. The summed E-state index contributed by atoms with van der Waals surface area (Å²) in [7, 11) is 0.